The van der Waals surface area contributed by atoms with E-state index in [1.165, 1.54) is 0 Å². The Labute approximate surface area is 144 Å². The standard InChI is InChI=1S/C19H18N2O4/c1-12-14-7-6-13(24-2)11-16(14)25-19(23)15(12)8-9-18(22)21-17-5-3-4-10-20-17/h3-7,10-11H,8-9H2,1-2H3,(H,20,21,22). The largest absolute Gasteiger partial charge is 0.497 e. The molecule has 0 aliphatic heterocycles. The lowest BCUT2D eigenvalue weighted by molar-refractivity contribution is -0.116. The van der Waals surface area contributed by atoms with Gasteiger partial charge in [0, 0.05) is 29.6 Å². The van der Waals surface area contributed by atoms with Crippen LogP contribution in [-0.4, -0.2) is 18.0 Å². The predicted octanol–water partition coefficient (Wildman–Crippen LogP) is 3.08. The minimum Gasteiger partial charge on any atom is -0.497 e. The first kappa shape index (κ1) is 16.7. The lowest BCUT2D eigenvalue weighted by Gasteiger charge is -2.09. The predicted molar refractivity (Wildman–Crippen MR) is 95.0 cm³/mol. The molecule has 6 nitrogen and oxygen atoms in total. The Morgan fingerprint density at radius 1 is 1.28 bits per heavy atom. The van der Waals surface area contributed by atoms with Crippen molar-refractivity contribution in [2.75, 3.05) is 12.4 Å². The maximum atomic E-state index is 12.3. The van der Waals surface area contributed by atoms with E-state index in [0.717, 1.165) is 10.9 Å². The highest BCUT2D eigenvalue weighted by Crippen LogP contribution is 2.24. The molecule has 3 rings (SSSR count). The summed E-state index contributed by atoms with van der Waals surface area (Å²) in [5, 5.41) is 3.54. The van der Waals surface area contributed by atoms with Gasteiger partial charge >= 0.3 is 5.63 Å². The summed E-state index contributed by atoms with van der Waals surface area (Å²) in [6.07, 6.45) is 2.07. The van der Waals surface area contributed by atoms with Crippen LogP contribution < -0.4 is 15.7 Å². The van der Waals surface area contributed by atoms with E-state index >= 15 is 0 Å². The number of carbonyl (C=O) groups excluding carboxylic acids is 1. The summed E-state index contributed by atoms with van der Waals surface area (Å²) in [5.41, 5.74) is 1.38. The minimum absolute atomic E-state index is 0.170. The number of fused-ring (bicyclic) bond motifs is 1. The van der Waals surface area contributed by atoms with Gasteiger partial charge in [-0.15, -0.1) is 0 Å². The van der Waals surface area contributed by atoms with Gasteiger partial charge in [-0.1, -0.05) is 6.07 Å². The summed E-state index contributed by atoms with van der Waals surface area (Å²) < 4.78 is 10.5. The molecule has 1 amide bonds. The smallest absolute Gasteiger partial charge is 0.339 e. The molecule has 0 unspecified atom stereocenters. The number of nitrogens with one attached hydrogen (secondary N) is 1. The number of hydrogen-bond acceptors (Lipinski definition) is 5. The van der Waals surface area contributed by atoms with Gasteiger partial charge < -0.3 is 14.5 Å². The van der Waals surface area contributed by atoms with Crippen LogP contribution in [0.3, 0.4) is 0 Å². The Bertz CT molecular complexity index is 964. The number of rotatable bonds is 5. The number of methoxy groups -OCH3 is 1. The fourth-order valence-electron chi connectivity index (χ4n) is 2.67. The molecule has 0 fully saturated rings. The summed E-state index contributed by atoms with van der Waals surface area (Å²) in [4.78, 5) is 28.4. The monoisotopic (exact) mass is 338 g/mol. The minimum atomic E-state index is -0.427. The number of aromatic nitrogens is 1. The first-order chi connectivity index (χ1) is 12.1. The van der Waals surface area contributed by atoms with Crippen LogP contribution in [0.15, 0.2) is 51.8 Å². The molecule has 1 aromatic carbocycles. The van der Waals surface area contributed by atoms with Crippen LogP contribution in [0.4, 0.5) is 5.82 Å². The second kappa shape index (κ2) is 7.17. The Morgan fingerprint density at radius 3 is 2.84 bits per heavy atom. The molecular weight excluding hydrogens is 320 g/mol. The number of ether oxygens (including phenoxy) is 1. The van der Waals surface area contributed by atoms with Gasteiger partial charge in [0.1, 0.15) is 17.2 Å². The van der Waals surface area contributed by atoms with E-state index in [-0.39, 0.29) is 12.3 Å². The van der Waals surface area contributed by atoms with Gasteiger partial charge in [-0.3, -0.25) is 4.79 Å². The molecule has 0 aliphatic carbocycles. The highest BCUT2D eigenvalue weighted by molar-refractivity contribution is 5.90. The van der Waals surface area contributed by atoms with Gasteiger partial charge in [0.05, 0.1) is 7.11 Å². The van der Waals surface area contributed by atoms with Crippen LogP contribution in [0.25, 0.3) is 11.0 Å². The highest BCUT2D eigenvalue weighted by atomic mass is 16.5. The van der Waals surface area contributed by atoms with E-state index < -0.39 is 5.63 Å². The average molecular weight is 338 g/mol. The zero-order valence-corrected chi connectivity index (χ0v) is 14.0. The first-order valence-corrected chi connectivity index (χ1v) is 7.89. The summed E-state index contributed by atoms with van der Waals surface area (Å²) in [6.45, 7) is 1.86. The number of pyridine rings is 1. The van der Waals surface area contributed by atoms with Crippen LogP contribution >= 0.6 is 0 Å². The van der Waals surface area contributed by atoms with E-state index in [0.29, 0.717) is 29.1 Å². The third kappa shape index (κ3) is 3.68. The van der Waals surface area contributed by atoms with Crippen molar-refractivity contribution in [2.24, 2.45) is 0 Å². The molecule has 0 saturated heterocycles. The molecule has 0 atom stereocenters. The zero-order valence-electron chi connectivity index (χ0n) is 14.0. The number of aryl methyl sites for hydroxylation is 1. The fraction of sp³-hybridized carbons (Fsp3) is 0.211. The third-order valence-electron chi connectivity index (χ3n) is 4.03. The molecule has 6 heteroatoms. The Morgan fingerprint density at radius 2 is 2.12 bits per heavy atom. The van der Waals surface area contributed by atoms with Gasteiger partial charge in [-0.25, -0.2) is 9.78 Å². The Hall–Kier alpha value is -3.15. The molecule has 2 heterocycles. The number of carbonyl (C=O) groups is 1. The van der Waals surface area contributed by atoms with Gasteiger partial charge in [0.25, 0.3) is 0 Å². The number of anilines is 1. The summed E-state index contributed by atoms with van der Waals surface area (Å²) in [7, 11) is 1.56. The SMILES string of the molecule is COc1ccc2c(C)c(CCC(=O)Nc3ccccn3)c(=O)oc2c1. The number of hydrogen-bond donors (Lipinski definition) is 1. The van der Waals surface area contributed by atoms with Crippen molar-refractivity contribution < 1.29 is 13.9 Å². The lowest BCUT2D eigenvalue weighted by Crippen LogP contribution is -2.17. The van der Waals surface area contributed by atoms with Crippen molar-refractivity contribution in [3.05, 3.63) is 64.1 Å². The van der Waals surface area contributed by atoms with E-state index in [4.69, 9.17) is 9.15 Å². The molecule has 0 aliphatic rings. The van der Waals surface area contributed by atoms with Crippen LogP contribution in [0.5, 0.6) is 5.75 Å². The summed E-state index contributed by atoms with van der Waals surface area (Å²) in [5.74, 6) is 0.909. The second-order valence-electron chi connectivity index (χ2n) is 5.62. The number of benzene rings is 1. The van der Waals surface area contributed by atoms with Crippen molar-refractivity contribution in [1.82, 2.24) is 4.98 Å². The maximum Gasteiger partial charge on any atom is 0.339 e. The molecule has 0 spiro atoms. The molecule has 128 valence electrons. The fourth-order valence-corrected chi connectivity index (χ4v) is 2.67. The quantitative estimate of drug-likeness (QED) is 0.723. The topological polar surface area (TPSA) is 81.4 Å². The molecule has 1 N–H and O–H groups in total. The van der Waals surface area contributed by atoms with Crippen LogP contribution in [0.1, 0.15) is 17.5 Å². The molecule has 25 heavy (non-hydrogen) atoms. The van der Waals surface area contributed by atoms with E-state index in [2.05, 4.69) is 10.3 Å². The van der Waals surface area contributed by atoms with Gasteiger partial charge in [0.15, 0.2) is 0 Å². The normalized spacial score (nSPS) is 10.6. The average Bonchev–Trinajstić information content (AvgIpc) is 2.61. The molecule has 0 bridgehead atoms. The van der Waals surface area contributed by atoms with Crippen LogP contribution in [0, 0.1) is 6.92 Å². The van der Waals surface area contributed by atoms with E-state index in [9.17, 15) is 9.59 Å². The highest BCUT2D eigenvalue weighted by Gasteiger charge is 2.14. The Kier molecular flexibility index (Phi) is 4.79. The summed E-state index contributed by atoms with van der Waals surface area (Å²) >= 11 is 0. The molecule has 2 aromatic heterocycles. The van der Waals surface area contributed by atoms with Gasteiger partial charge in [-0.2, -0.15) is 0 Å². The van der Waals surface area contributed by atoms with E-state index in [1.54, 1.807) is 37.6 Å². The van der Waals surface area contributed by atoms with Crippen molar-refractivity contribution in [3.63, 3.8) is 0 Å². The zero-order chi connectivity index (χ0) is 17.8. The van der Waals surface area contributed by atoms with Gasteiger partial charge in [0.2, 0.25) is 5.91 Å². The van der Waals surface area contributed by atoms with Crippen LogP contribution in [-0.2, 0) is 11.2 Å². The number of nitrogens with zero attached hydrogens (tertiary/aromatic N) is 1. The summed E-state index contributed by atoms with van der Waals surface area (Å²) in [6, 6.07) is 10.6. The van der Waals surface area contributed by atoms with Crippen molar-refractivity contribution in [2.45, 2.75) is 19.8 Å². The van der Waals surface area contributed by atoms with Crippen molar-refractivity contribution in [1.29, 1.82) is 0 Å². The van der Waals surface area contributed by atoms with E-state index in [1.807, 2.05) is 19.1 Å². The number of amides is 1. The second-order valence-corrected chi connectivity index (χ2v) is 5.62. The van der Waals surface area contributed by atoms with Crippen molar-refractivity contribution >= 4 is 22.7 Å². The molecular formula is C19H18N2O4. The van der Waals surface area contributed by atoms with Gasteiger partial charge in [-0.05, 0) is 43.2 Å². The lowest BCUT2D eigenvalue weighted by atomic mass is 10.0. The third-order valence-corrected chi connectivity index (χ3v) is 4.03. The molecule has 0 saturated carbocycles. The maximum absolute atomic E-state index is 12.3. The van der Waals surface area contributed by atoms with Crippen LogP contribution in [0.2, 0.25) is 0 Å². The van der Waals surface area contributed by atoms with Crippen molar-refractivity contribution in [3.8, 4) is 5.75 Å². The molecule has 3 aromatic rings. The first-order valence-electron chi connectivity index (χ1n) is 7.89. The molecule has 0 radical (unpaired) electrons. The Balaban J connectivity index is 1.79.